The van der Waals surface area contributed by atoms with E-state index < -0.39 is 0 Å². The Kier molecular flexibility index (Phi) is 4.28. The molecule has 0 spiro atoms. The molecule has 0 aromatic heterocycles. The van der Waals surface area contributed by atoms with Gasteiger partial charge in [-0.15, -0.1) is 0 Å². The fourth-order valence-electron chi connectivity index (χ4n) is 0.510. The average Bonchev–Trinajstić information content (AvgIpc) is 1.76. The SMILES string of the molecule is C1CCOC1.[Ti+3]. The second-order valence-corrected chi connectivity index (χ2v) is 1.32. The van der Waals surface area contributed by atoms with Gasteiger partial charge in [-0.1, -0.05) is 0 Å². The average molecular weight is 120 g/mol. The van der Waals surface area contributed by atoms with Gasteiger partial charge in [0.2, 0.25) is 0 Å². The van der Waals surface area contributed by atoms with E-state index in [2.05, 4.69) is 0 Å². The summed E-state index contributed by atoms with van der Waals surface area (Å²) < 4.78 is 4.94. The quantitative estimate of drug-likeness (QED) is 0.429. The summed E-state index contributed by atoms with van der Waals surface area (Å²) in [4.78, 5) is 0. The van der Waals surface area contributed by atoms with E-state index in [0.717, 1.165) is 13.2 Å². The summed E-state index contributed by atoms with van der Waals surface area (Å²) >= 11 is 0. The third-order valence-electron chi connectivity index (χ3n) is 0.827. The molecular formula is C4H8OTi+3. The molecule has 31 valence electrons. The molecule has 1 aliphatic heterocycles. The van der Waals surface area contributed by atoms with E-state index >= 15 is 0 Å². The molecule has 0 aliphatic carbocycles. The van der Waals surface area contributed by atoms with Gasteiger partial charge in [0.15, 0.2) is 0 Å². The summed E-state index contributed by atoms with van der Waals surface area (Å²) in [6.07, 6.45) is 2.56. The molecule has 1 fully saturated rings. The van der Waals surface area contributed by atoms with Gasteiger partial charge in [0.1, 0.15) is 0 Å². The maximum absolute atomic E-state index is 4.94. The van der Waals surface area contributed by atoms with Crippen molar-refractivity contribution in [2.24, 2.45) is 0 Å². The molecule has 1 nitrogen and oxygen atoms in total. The Morgan fingerprint density at radius 3 is 1.67 bits per heavy atom. The molecule has 6 heavy (non-hydrogen) atoms. The van der Waals surface area contributed by atoms with Crippen molar-refractivity contribution in [2.75, 3.05) is 13.2 Å². The fraction of sp³-hybridized carbons (Fsp3) is 1.00. The Morgan fingerprint density at radius 2 is 1.50 bits per heavy atom. The summed E-state index contributed by atoms with van der Waals surface area (Å²) in [6.45, 7) is 2.00. The van der Waals surface area contributed by atoms with Gasteiger partial charge in [-0.25, -0.2) is 0 Å². The van der Waals surface area contributed by atoms with Crippen LogP contribution in [-0.2, 0) is 26.5 Å². The third kappa shape index (κ3) is 1.96. The van der Waals surface area contributed by atoms with Gasteiger partial charge in [0, 0.05) is 13.2 Å². The van der Waals surface area contributed by atoms with Crippen LogP contribution >= 0.6 is 0 Å². The zero-order valence-electron chi connectivity index (χ0n) is 3.74. The normalized spacial score (nSPS) is 20.0. The van der Waals surface area contributed by atoms with Crippen LogP contribution in [0.2, 0.25) is 0 Å². The molecule has 0 aromatic rings. The molecule has 0 amide bonds. The summed E-state index contributed by atoms with van der Waals surface area (Å²) in [5.74, 6) is 0. The maximum Gasteiger partial charge on any atom is 3.00 e. The molecule has 1 radical (unpaired) electrons. The van der Waals surface area contributed by atoms with Crippen molar-refractivity contribution in [3.63, 3.8) is 0 Å². The van der Waals surface area contributed by atoms with Gasteiger partial charge < -0.3 is 4.74 Å². The summed E-state index contributed by atoms with van der Waals surface area (Å²) in [5.41, 5.74) is 0. The number of rotatable bonds is 0. The van der Waals surface area contributed by atoms with Crippen molar-refractivity contribution in [1.82, 2.24) is 0 Å². The van der Waals surface area contributed by atoms with Crippen molar-refractivity contribution in [2.45, 2.75) is 12.8 Å². The Hall–Kier alpha value is 0.674. The van der Waals surface area contributed by atoms with Crippen LogP contribution in [0.5, 0.6) is 0 Å². The smallest absolute Gasteiger partial charge is 0.381 e. The minimum absolute atomic E-state index is 0. The van der Waals surface area contributed by atoms with Crippen LogP contribution < -0.4 is 0 Å². The van der Waals surface area contributed by atoms with Crippen molar-refractivity contribution in [3.05, 3.63) is 0 Å². The van der Waals surface area contributed by atoms with Gasteiger partial charge in [-0.05, 0) is 12.8 Å². The van der Waals surface area contributed by atoms with Crippen molar-refractivity contribution < 1.29 is 26.5 Å². The predicted octanol–water partition coefficient (Wildman–Crippen LogP) is 0.794. The summed E-state index contributed by atoms with van der Waals surface area (Å²) in [6, 6.07) is 0. The minimum Gasteiger partial charge on any atom is -0.381 e. The monoisotopic (exact) mass is 120 g/mol. The summed E-state index contributed by atoms with van der Waals surface area (Å²) in [7, 11) is 0. The zero-order valence-corrected chi connectivity index (χ0v) is 5.30. The Bertz CT molecular complexity index is 19.1. The van der Waals surface area contributed by atoms with Crippen molar-refractivity contribution in [3.8, 4) is 0 Å². The number of hydrogen-bond acceptors (Lipinski definition) is 1. The van der Waals surface area contributed by atoms with Gasteiger partial charge in [-0.3, -0.25) is 0 Å². The second-order valence-electron chi connectivity index (χ2n) is 1.32. The van der Waals surface area contributed by atoms with Crippen LogP contribution in [0.3, 0.4) is 0 Å². The first-order valence-electron chi connectivity index (χ1n) is 2.08. The van der Waals surface area contributed by atoms with E-state index in [1.54, 1.807) is 0 Å². The zero-order chi connectivity index (χ0) is 3.54. The molecule has 0 bridgehead atoms. The van der Waals surface area contributed by atoms with E-state index in [4.69, 9.17) is 4.74 Å². The van der Waals surface area contributed by atoms with Gasteiger partial charge >= 0.3 is 21.7 Å². The second kappa shape index (κ2) is 3.85. The van der Waals surface area contributed by atoms with Crippen molar-refractivity contribution in [1.29, 1.82) is 0 Å². The summed E-state index contributed by atoms with van der Waals surface area (Å²) in [5, 5.41) is 0. The van der Waals surface area contributed by atoms with E-state index in [0.29, 0.717) is 0 Å². The predicted molar refractivity (Wildman–Crippen MR) is 20.1 cm³/mol. The van der Waals surface area contributed by atoms with Crippen molar-refractivity contribution >= 4 is 0 Å². The van der Waals surface area contributed by atoms with E-state index in [-0.39, 0.29) is 21.7 Å². The van der Waals surface area contributed by atoms with Crippen LogP contribution in [0.15, 0.2) is 0 Å². The van der Waals surface area contributed by atoms with Crippen LogP contribution in [0.4, 0.5) is 0 Å². The van der Waals surface area contributed by atoms with Crippen LogP contribution in [-0.4, -0.2) is 13.2 Å². The molecule has 1 saturated heterocycles. The minimum atomic E-state index is 0. The third-order valence-corrected chi connectivity index (χ3v) is 0.827. The molecule has 1 rings (SSSR count). The van der Waals surface area contributed by atoms with E-state index in [1.165, 1.54) is 12.8 Å². The van der Waals surface area contributed by atoms with Crippen LogP contribution in [0.1, 0.15) is 12.8 Å². The Morgan fingerprint density at radius 1 is 1.00 bits per heavy atom. The first kappa shape index (κ1) is 6.67. The largest absolute Gasteiger partial charge is 3.00 e. The molecule has 2 heteroatoms. The molecular weight excluding hydrogens is 112 g/mol. The molecule has 0 atom stereocenters. The van der Waals surface area contributed by atoms with Gasteiger partial charge in [-0.2, -0.15) is 0 Å². The van der Waals surface area contributed by atoms with E-state index in [1.807, 2.05) is 0 Å². The van der Waals surface area contributed by atoms with Crippen LogP contribution in [0.25, 0.3) is 0 Å². The van der Waals surface area contributed by atoms with E-state index in [9.17, 15) is 0 Å². The number of hydrogen-bond donors (Lipinski definition) is 0. The Balaban J connectivity index is 0.000000250. The molecule has 0 saturated carbocycles. The molecule has 0 unspecified atom stereocenters. The molecule has 0 aromatic carbocycles. The molecule has 1 aliphatic rings. The maximum atomic E-state index is 4.94. The first-order valence-corrected chi connectivity index (χ1v) is 2.08. The fourth-order valence-corrected chi connectivity index (χ4v) is 0.510. The number of ether oxygens (including phenoxy) is 1. The molecule has 0 N–H and O–H groups in total. The standard InChI is InChI=1S/C4H8O.Ti/c1-2-4-5-3-1;/h1-4H2;/q;+3. The molecule has 1 heterocycles. The topological polar surface area (TPSA) is 9.23 Å². The van der Waals surface area contributed by atoms with Gasteiger partial charge in [0.05, 0.1) is 0 Å². The van der Waals surface area contributed by atoms with Gasteiger partial charge in [0.25, 0.3) is 0 Å². The van der Waals surface area contributed by atoms with Crippen LogP contribution in [0, 0.1) is 0 Å². The first-order chi connectivity index (χ1) is 2.50. The Labute approximate surface area is 52.9 Å².